The van der Waals surface area contributed by atoms with E-state index in [1.165, 1.54) is 10.7 Å². The molecule has 2 amide bonds. The Kier molecular flexibility index (Phi) is 8.00. The third-order valence-electron chi connectivity index (χ3n) is 6.18. The minimum atomic E-state index is -0.923. The molecule has 1 saturated heterocycles. The van der Waals surface area contributed by atoms with Crippen LogP contribution >= 0.6 is 0 Å². The van der Waals surface area contributed by atoms with Crippen LogP contribution in [0.1, 0.15) is 37.6 Å². The highest BCUT2D eigenvalue weighted by atomic mass is 19.1. The summed E-state index contributed by atoms with van der Waals surface area (Å²) >= 11 is 0. The molecular weight excluding hydrogens is 526 g/mol. The Labute approximate surface area is 230 Å². The van der Waals surface area contributed by atoms with Crippen LogP contribution < -0.4 is 26.6 Å². The average Bonchev–Trinajstić information content (AvgIpc) is 3.17. The number of benzene rings is 1. The van der Waals surface area contributed by atoms with Crippen molar-refractivity contribution in [2.24, 2.45) is 12.8 Å². The number of amides is 2. The number of carbonyl (C=O) groups is 2. The second-order valence-electron chi connectivity index (χ2n) is 10.8. The highest BCUT2D eigenvalue weighted by molar-refractivity contribution is 5.99. The predicted molar refractivity (Wildman–Crippen MR) is 147 cm³/mol. The van der Waals surface area contributed by atoms with E-state index in [1.54, 1.807) is 52.9 Å². The molecule has 216 valence electrons. The minimum absolute atomic E-state index is 0.0749. The molecule has 4 rings (SSSR count). The lowest BCUT2D eigenvalue weighted by molar-refractivity contribution is 0.0317. The van der Waals surface area contributed by atoms with Crippen molar-refractivity contribution in [2.75, 3.05) is 42.8 Å². The van der Waals surface area contributed by atoms with Crippen LogP contribution in [-0.4, -0.2) is 71.8 Å². The number of carbonyl (C=O) groups excluding carboxylic acids is 2. The van der Waals surface area contributed by atoms with Crippen LogP contribution in [0.15, 0.2) is 18.2 Å². The van der Waals surface area contributed by atoms with Gasteiger partial charge in [0, 0.05) is 38.8 Å². The number of nitrogens with one attached hydrogen (secondary N) is 3. The van der Waals surface area contributed by atoms with E-state index in [4.69, 9.17) is 15.2 Å². The zero-order chi connectivity index (χ0) is 29.4. The number of rotatable bonds is 7. The van der Waals surface area contributed by atoms with Crippen LogP contribution in [0.3, 0.4) is 0 Å². The number of nitrogens with two attached hydrogens (primary N) is 1. The van der Waals surface area contributed by atoms with Gasteiger partial charge in [0.05, 0.1) is 24.3 Å². The molecule has 40 heavy (non-hydrogen) atoms. The first-order valence-electron chi connectivity index (χ1n) is 12.7. The monoisotopic (exact) mass is 560 g/mol. The molecule has 2 atom stereocenters. The fourth-order valence-electron chi connectivity index (χ4n) is 4.44. The summed E-state index contributed by atoms with van der Waals surface area (Å²) in [5, 5.41) is 13.5. The van der Waals surface area contributed by atoms with Gasteiger partial charge in [-0.3, -0.25) is 9.48 Å². The number of ether oxygens (including phenoxy) is 2. The summed E-state index contributed by atoms with van der Waals surface area (Å²) in [6.45, 7) is 5.77. The van der Waals surface area contributed by atoms with Crippen LogP contribution in [0, 0.1) is 11.6 Å². The van der Waals surface area contributed by atoms with Crippen LogP contribution in [0.5, 0.6) is 0 Å². The van der Waals surface area contributed by atoms with Gasteiger partial charge in [0.15, 0.2) is 23.3 Å². The first-order chi connectivity index (χ1) is 18.7. The van der Waals surface area contributed by atoms with Gasteiger partial charge < -0.3 is 36.1 Å². The summed E-state index contributed by atoms with van der Waals surface area (Å²) in [6.07, 6.45) is -0.211. The van der Waals surface area contributed by atoms with Gasteiger partial charge in [-0.05, 0) is 45.4 Å². The normalized spacial score (nSPS) is 17.4. The number of pyridine rings is 1. The molecule has 5 N–H and O–H groups in total. The van der Waals surface area contributed by atoms with Gasteiger partial charge in [0.2, 0.25) is 0 Å². The van der Waals surface area contributed by atoms with Gasteiger partial charge in [-0.25, -0.2) is 18.6 Å². The lowest BCUT2D eigenvalue weighted by atomic mass is 10.0. The van der Waals surface area contributed by atoms with Crippen molar-refractivity contribution in [1.82, 2.24) is 20.1 Å². The number of hydrogen-bond acceptors (Lipinski definition) is 9. The molecule has 0 unspecified atom stereocenters. The first-order valence-corrected chi connectivity index (χ1v) is 12.7. The molecule has 2 aromatic heterocycles. The van der Waals surface area contributed by atoms with Gasteiger partial charge in [0.25, 0.3) is 5.91 Å². The molecule has 0 saturated carbocycles. The summed E-state index contributed by atoms with van der Waals surface area (Å²) < 4.78 is 42.5. The minimum Gasteiger partial charge on any atom is -0.444 e. The number of aromatic nitrogens is 3. The lowest BCUT2D eigenvalue weighted by Gasteiger charge is -2.33. The van der Waals surface area contributed by atoms with Crippen molar-refractivity contribution >= 4 is 46.0 Å². The van der Waals surface area contributed by atoms with E-state index < -0.39 is 41.3 Å². The van der Waals surface area contributed by atoms with Gasteiger partial charge >= 0.3 is 6.09 Å². The SMILES string of the molecule is CN(C)c1nn(C)c2c(F)cc(Nc3nc(N[C@@H]4CCOC[C@@H]4NC(=O)OC(C)(C)C)c(F)cc3C(N)=O)cc12. The maximum atomic E-state index is 15.1. The summed E-state index contributed by atoms with van der Waals surface area (Å²) in [5.74, 6) is -2.03. The highest BCUT2D eigenvalue weighted by Gasteiger charge is 2.30. The smallest absolute Gasteiger partial charge is 0.408 e. The van der Waals surface area contributed by atoms with E-state index in [2.05, 4.69) is 26.0 Å². The standard InChI is InChI=1S/C26H34F2N8O4/c1-26(2,3)40-25(38)32-19-12-39-8-7-18(19)31-23-17(28)11-15(21(29)37)22(33-23)30-13-9-14-20(16(27)10-13)36(6)34-24(14)35(4)5/h9-11,18-19H,7-8,12H2,1-6H3,(H2,29,37)(H,32,38)(H2,30,31,33)/t18-,19+/m1/s1. The van der Waals surface area contributed by atoms with Gasteiger partial charge in [0.1, 0.15) is 16.9 Å². The molecule has 1 aromatic carbocycles. The molecular formula is C26H34F2N8O4. The molecule has 0 aliphatic carbocycles. The Hall–Kier alpha value is -4.20. The third-order valence-corrected chi connectivity index (χ3v) is 6.18. The van der Waals surface area contributed by atoms with E-state index in [-0.39, 0.29) is 29.5 Å². The van der Waals surface area contributed by atoms with E-state index in [9.17, 15) is 9.59 Å². The van der Waals surface area contributed by atoms with Crippen molar-refractivity contribution in [1.29, 1.82) is 0 Å². The number of nitrogens with zero attached hydrogens (tertiary/aromatic N) is 4. The van der Waals surface area contributed by atoms with E-state index in [1.807, 2.05) is 0 Å². The van der Waals surface area contributed by atoms with Crippen LogP contribution in [0.4, 0.5) is 36.7 Å². The molecule has 12 nitrogen and oxygen atoms in total. The Balaban J connectivity index is 1.65. The Morgan fingerprint density at radius 1 is 1.15 bits per heavy atom. The fourth-order valence-corrected chi connectivity index (χ4v) is 4.44. The Bertz CT molecular complexity index is 1440. The first kappa shape index (κ1) is 28.8. The van der Waals surface area contributed by atoms with Crippen LogP contribution in [0.2, 0.25) is 0 Å². The van der Waals surface area contributed by atoms with Crippen LogP contribution in [-0.2, 0) is 16.5 Å². The topological polar surface area (TPSA) is 149 Å². The van der Waals surface area contributed by atoms with Crippen molar-refractivity contribution in [2.45, 2.75) is 44.9 Å². The summed E-state index contributed by atoms with van der Waals surface area (Å²) in [6, 6.07) is 2.82. The number of fused-ring (bicyclic) bond motifs is 1. The summed E-state index contributed by atoms with van der Waals surface area (Å²) in [5.41, 5.74) is 5.13. The number of halogens is 2. The molecule has 0 spiro atoms. The van der Waals surface area contributed by atoms with Crippen molar-refractivity contribution in [3.8, 4) is 0 Å². The number of alkyl carbamates (subject to hydrolysis) is 1. The summed E-state index contributed by atoms with van der Waals surface area (Å²) in [4.78, 5) is 30.5. The quantitative estimate of drug-likeness (QED) is 0.342. The zero-order valence-corrected chi connectivity index (χ0v) is 23.3. The van der Waals surface area contributed by atoms with Gasteiger partial charge in [-0.1, -0.05) is 0 Å². The number of aryl methyl sites for hydroxylation is 1. The van der Waals surface area contributed by atoms with Crippen molar-refractivity contribution < 1.29 is 27.8 Å². The number of anilines is 4. The molecule has 1 aliphatic rings. The maximum Gasteiger partial charge on any atom is 0.408 e. The molecule has 14 heteroatoms. The third kappa shape index (κ3) is 6.33. The van der Waals surface area contributed by atoms with Crippen molar-refractivity contribution in [3.05, 3.63) is 35.4 Å². The number of primary amides is 1. The van der Waals surface area contributed by atoms with Gasteiger partial charge in [-0.2, -0.15) is 5.10 Å². The summed E-state index contributed by atoms with van der Waals surface area (Å²) in [7, 11) is 5.20. The Morgan fingerprint density at radius 3 is 2.52 bits per heavy atom. The molecule has 3 heterocycles. The average molecular weight is 561 g/mol. The second kappa shape index (κ2) is 11.1. The second-order valence-corrected chi connectivity index (χ2v) is 10.8. The molecule has 1 aliphatic heterocycles. The molecule has 0 radical (unpaired) electrons. The largest absolute Gasteiger partial charge is 0.444 e. The van der Waals surface area contributed by atoms with E-state index in [0.717, 1.165) is 6.07 Å². The predicted octanol–water partition coefficient (Wildman–Crippen LogP) is 3.25. The fraction of sp³-hybridized carbons (Fsp3) is 0.462. The maximum absolute atomic E-state index is 15.1. The van der Waals surface area contributed by atoms with E-state index >= 15 is 8.78 Å². The molecule has 0 bridgehead atoms. The molecule has 1 fully saturated rings. The highest BCUT2D eigenvalue weighted by Crippen LogP contribution is 2.32. The van der Waals surface area contributed by atoms with Crippen molar-refractivity contribution in [3.63, 3.8) is 0 Å². The van der Waals surface area contributed by atoms with E-state index in [0.29, 0.717) is 29.7 Å². The Morgan fingerprint density at radius 2 is 1.88 bits per heavy atom. The molecule has 3 aromatic rings. The number of hydrogen-bond donors (Lipinski definition) is 4. The lowest BCUT2D eigenvalue weighted by Crippen LogP contribution is -2.53. The zero-order valence-electron chi connectivity index (χ0n) is 23.3. The van der Waals surface area contributed by atoms with Gasteiger partial charge in [-0.15, -0.1) is 0 Å². The van der Waals surface area contributed by atoms with Crippen LogP contribution in [0.25, 0.3) is 10.9 Å².